The molecule has 11 heterocycles. The summed E-state index contributed by atoms with van der Waals surface area (Å²) < 4.78 is 47.5. The van der Waals surface area contributed by atoms with Gasteiger partial charge < -0.3 is 54.6 Å². The molecule has 7 aliphatic heterocycles. The number of halogens is 2. The molecule has 3 saturated heterocycles. The fourth-order valence-electron chi connectivity index (χ4n) is 21.8. The van der Waals surface area contributed by atoms with Crippen molar-refractivity contribution >= 4 is 85.7 Å². The molecule has 9 unspecified atom stereocenters. The first-order valence-corrected chi connectivity index (χ1v) is 42.5. The Labute approximate surface area is 697 Å². The minimum atomic E-state index is -1.18. The van der Waals surface area contributed by atoms with Gasteiger partial charge in [0.25, 0.3) is 0 Å². The molecule has 21 rings (SSSR count). The van der Waals surface area contributed by atoms with Crippen molar-refractivity contribution in [2.24, 2.45) is 16.7 Å². The first kappa shape index (κ1) is 81.5. The molecule has 10 aliphatic rings. The maximum absolute atomic E-state index is 15.4. The number of rotatable bonds is 17. The fourth-order valence-corrected chi connectivity index (χ4v) is 21.8. The molecule has 0 amide bonds. The monoisotopic (exact) mass is 1620 g/mol. The number of aromatic nitrogens is 4. The van der Waals surface area contributed by atoms with Gasteiger partial charge in [-0.1, -0.05) is 141 Å². The van der Waals surface area contributed by atoms with E-state index in [0.29, 0.717) is 60.8 Å². The molecule has 3 aliphatic carbocycles. The number of aliphatic carboxylic acids is 4. The summed E-state index contributed by atoms with van der Waals surface area (Å²) in [7, 11) is 0. The van der Waals surface area contributed by atoms with E-state index in [9.17, 15) is 19.2 Å². The average molecular weight is 1620 g/mol. The number of carboxylic acids is 4. The van der Waals surface area contributed by atoms with Gasteiger partial charge in [0.05, 0.1) is 50.0 Å². The van der Waals surface area contributed by atoms with Gasteiger partial charge in [-0.25, -0.2) is 28.0 Å². The van der Waals surface area contributed by atoms with Crippen LogP contribution >= 0.6 is 0 Å². The normalized spacial score (nSPS) is 25.7. The zero-order valence-corrected chi connectivity index (χ0v) is 68.8. The number of hydrogen-bond donors (Lipinski definition) is 8. The van der Waals surface area contributed by atoms with Gasteiger partial charge >= 0.3 is 23.9 Å². The van der Waals surface area contributed by atoms with Crippen molar-refractivity contribution < 1.29 is 62.6 Å². The minimum Gasteiger partial charge on any atom is -0.478 e. The topological polar surface area (TPSA) is 253 Å². The highest BCUT2D eigenvalue weighted by Gasteiger charge is 2.71. The third-order valence-corrected chi connectivity index (χ3v) is 26.8. The van der Waals surface area contributed by atoms with Gasteiger partial charge in [0, 0.05) is 159 Å². The molecule has 622 valence electrons. The van der Waals surface area contributed by atoms with E-state index >= 15 is 8.78 Å². The van der Waals surface area contributed by atoms with Crippen LogP contribution in [-0.4, -0.2) is 172 Å². The molecular weight excluding hydrogens is 1520 g/mol. The van der Waals surface area contributed by atoms with Crippen molar-refractivity contribution in [2.45, 2.75) is 172 Å². The van der Waals surface area contributed by atoms with Gasteiger partial charge in [0.2, 0.25) is 0 Å². The number of ether oxygens (including phenoxy) is 3. The first-order valence-electron chi connectivity index (χ1n) is 42.5. The Bertz CT molecular complexity index is 5740. The van der Waals surface area contributed by atoms with Crippen molar-refractivity contribution in [1.82, 2.24) is 39.5 Å². The molecule has 11 aromatic rings. The molecule has 21 heteroatoms. The van der Waals surface area contributed by atoms with E-state index in [1.54, 1.807) is 12.2 Å². The Kier molecular flexibility index (Phi) is 23.1. The van der Waals surface area contributed by atoms with E-state index in [1.165, 1.54) is 114 Å². The van der Waals surface area contributed by atoms with E-state index < -0.39 is 41.6 Å². The number of nitrogens with one attached hydrogen (secondary N) is 4. The molecule has 19 nitrogen and oxygen atoms in total. The van der Waals surface area contributed by atoms with Crippen LogP contribution in [-0.2, 0) is 59.1 Å². The van der Waals surface area contributed by atoms with E-state index in [0.717, 1.165) is 137 Å². The molecule has 2 bridgehead atoms. The molecule has 4 aromatic heterocycles. The molecular formula is C99H106F2N8O11. The molecule has 120 heavy (non-hydrogen) atoms. The number of allylic oxidation sites excluding steroid dienone is 1. The van der Waals surface area contributed by atoms with Gasteiger partial charge in [0.1, 0.15) is 11.6 Å². The van der Waals surface area contributed by atoms with Gasteiger partial charge in [-0.05, 0) is 213 Å². The lowest BCUT2D eigenvalue weighted by molar-refractivity contribution is -0.222. The third-order valence-electron chi connectivity index (χ3n) is 26.8. The van der Waals surface area contributed by atoms with E-state index in [-0.39, 0.29) is 40.7 Å². The van der Waals surface area contributed by atoms with Gasteiger partial charge in [-0.15, -0.1) is 0 Å². The Morgan fingerprint density at radius 1 is 0.442 bits per heavy atom. The predicted molar refractivity (Wildman–Crippen MR) is 464 cm³/mol. The zero-order chi connectivity index (χ0) is 83.4. The molecule has 7 aromatic carbocycles. The average Bonchev–Trinajstić information content (AvgIpc) is 0.914. The third kappa shape index (κ3) is 15.9. The number of aromatic amines is 4. The summed E-state index contributed by atoms with van der Waals surface area (Å²) in [6.07, 6.45) is 21.4. The molecule has 8 N–H and O–H groups in total. The number of hydrogen-bond acceptors (Lipinski definition) is 11. The highest BCUT2D eigenvalue weighted by Crippen LogP contribution is 2.79. The second-order valence-corrected chi connectivity index (χ2v) is 35.2. The SMILES string of the molecule is CC(C)CN1C(C)Cc2c([nH]c3ccccc23)C1C12CC(/C=C/C(=O)O)(C1)C2.CC1Cc2c([nH]c3ccccc23)C(c2c(F)cc(/C=C/C(=O)O)cc2F)N1C1COC1.CC1Cc2c([nH]c3ccccc23)C(c2ccc(/C=C/C(=O)O)cc2)N1C1CCOC1.CC1Cc2c([nH]c3ccccc23)C(c2ccc(/C=C/C(=O)O)cc2)N1C1CCOCC1. The number of para-hydroxylation sites is 4. The summed E-state index contributed by atoms with van der Waals surface area (Å²) in [6, 6.07) is 55.1. The Morgan fingerprint density at radius 3 is 1.22 bits per heavy atom. The van der Waals surface area contributed by atoms with Crippen molar-refractivity contribution in [3.8, 4) is 0 Å². The van der Waals surface area contributed by atoms with Crippen LogP contribution in [0.1, 0.15) is 183 Å². The van der Waals surface area contributed by atoms with Gasteiger partial charge in [0.15, 0.2) is 0 Å². The van der Waals surface area contributed by atoms with Crippen molar-refractivity contribution in [3.05, 3.63) is 278 Å². The van der Waals surface area contributed by atoms with Crippen molar-refractivity contribution in [1.29, 1.82) is 0 Å². The summed E-state index contributed by atoms with van der Waals surface area (Å²) in [6.45, 7) is 19.1. The van der Waals surface area contributed by atoms with Crippen LogP contribution in [0.2, 0.25) is 0 Å². The summed E-state index contributed by atoms with van der Waals surface area (Å²) in [5.74, 6) is -4.63. The molecule has 9 atom stereocenters. The Morgan fingerprint density at radius 2 is 0.808 bits per heavy atom. The summed E-state index contributed by atoms with van der Waals surface area (Å²) in [5, 5.41) is 40.7. The van der Waals surface area contributed by atoms with Crippen LogP contribution < -0.4 is 0 Å². The zero-order valence-electron chi connectivity index (χ0n) is 68.8. The predicted octanol–water partition coefficient (Wildman–Crippen LogP) is 18.4. The highest BCUT2D eigenvalue weighted by atomic mass is 19.1. The maximum atomic E-state index is 15.4. The van der Waals surface area contributed by atoms with Crippen LogP contribution in [0.15, 0.2) is 188 Å². The maximum Gasteiger partial charge on any atom is 0.328 e. The van der Waals surface area contributed by atoms with Crippen molar-refractivity contribution in [3.63, 3.8) is 0 Å². The van der Waals surface area contributed by atoms with Crippen LogP contribution in [0.5, 0.6) is 0 Å². The molecule has 3 saturated carbocycles. The lowest BCUT2D eigenvalue weighted by Gasteiger charge is -2.74. The Balaban J connectivity index is 0.000000114. The van der Waals surface area contributed by atoms with E-state index in [1.807, 2.05) is 54.6 Å². The largest absolute Gasteiger partial charge is 0.478 e. The number of carbonyl (C=O) groups is 4. The molecule has 0 spiro atoms. The number of benzene rings is 7. The standard InChI is InChI=1S/C26H28N2O3.C25H26N2O3.C24H22F2N2O3.C24H30N2O2/c1-17-16-22-21-4-2-3-5-23(21)27-25(22)26(28(17)20-12-14-31-15-13-20)19-9-6-18(7-10-19)8-11-24(29)30;1-16-14-21-20-4-2-3-5-22(20)26-24(21)25(27(16)19-12-13-30-15-19)18-9-6-17(7-10-18)8-11-23(28)29;1-13-8-17-16-4-2-3-5-20(16)27-23(17)24(28(13)15-11-31-12-15)22-18(25)9-14(10-19(22)26)6-7-21(29)30;1-15(2)11-26-16(3)10-18-17-6-4-5-7-19(17)25-21(18)22(26)24-12-23(13-24,14-24)9-8-20(27)28/h2-11,17,20,26-27H,12-16H2,1H3,(H,29,30);2-11,16,19,25-26H,12-15H2,1H3,(H,28,29);2-7,9-10,13,15,24,27H,8,11-12H2,1H3,(H,29,30);4-9,15-16,22,25H,10-14H2,1-3H3,(H,27,28)/b2*11-8+;7-6+;9-8+. The quantitative estimate of drug-likeness (QED) is 0.0395. The van der Waals surface area contributed by atoms with Gasteiger partial charge in [-0.3, -0.25) is 19.6 Å². The van der Waals surface area contributed by atoms with Crippen molar-refractivity contribution in [2.75, 3.05) is 46.2 Å². The summed E-state index contributed by atoms with van der Waals surface area (Å²) in [5.41, 5.74) is 19.6. The number of nitrogens with zero attached hydrogens (tertiary/aromatic N) is 4. The van der Waals surface area contributed by atoms with Crippen LogP contribution in [0.25, 0.3) is 61.8 Å². The first-order chi connectivity index (χ1) is 58.0. The summed E-state index contributed by atoms with van der Waals surface area (Å²) in [4.78, 5) is 68.3. The van der Waals surface area contributed by atoms with Crippen LogP contribution in [0, 0.1) is 28.4 Å². The van der Waals surface area contributed by atoms with E-state index in [2.05, 4.69) is 178 Å². The fraction of sp³-hybridized carbons (Fsp3) is 0.374. The van der Waals surface area contributed by atoms with Gasteiger partial charge in [-0.2, -0.15) is 0 Å². The van der Waals surface area contributed by atoms with E-state index in [4.69, 9.17) is 34.6 Å². The van der Waals surface area contributed by atoms with Crippen LogP contribution in [0.3, 0.4) is 0 Å². The highest BCUT2D eigenvalue weighted by molar-refractivity contribution is 5.90. The Hall–Kier alpha value is -10.9. The molecule has 0 radical (unpaired) electrons. The van der Waals surface area contributed by atoms with Crippen LogP contribution in [0.4, 0.5) is 8.78 Å². The summed E-state index contributed by atoms with van der Waals surface area (Å²) >= 11 is 0. The number of H-pyrrole nitrogens is 4. The second-order valence-electron chi connectivity index (χ2n) is 35.2. The second kappa shape index (κ2) is 34.0. The lowest BCUT2D eigenvalue weighted by Crippen LogP contribution is -2.67. The lowest BCUT2D eigenvalue weighted by atomic mass is 9.32. The number of fused-ring (bicyclic) bond motifs is 12. The minimum absolute atomic E-state index is 0.0290. The molecule has 6 fully saturated rings. The smallest absolute Gasteiger partial charge is 0.328 e. The number of carboxylic acid groups (broad SMARTS) is 4.